The Labute approximate surface area is 96.0 Å². The zero-order valence-electron chi connectivity index (χ0n) is 10.8. The Morgan fingerprint density at radius 2 is 1.53 bits per heavy atom. The maximum atomic E-state index is 3.70. The molecule has 1 nitrogen and oxygen atoms in total. The number of rotatable bonds is 9. The molecular formula is C14H29N. The van der Waals surface area contributed by atoms with Crippen LogP contribution in [0.15, 0.2) is 0 Å². The molecule has 0 aliphatic heterocycles. The summed E-state index contributed by atoms with van der Waals surface area (Å²) in [5.41, 5.74) is 0.516. The molecule has 1 aliphatic carbocycles. The molecule has 1 N–H and O–H groups in total. The van der Waals surface area contributed by atoms with Crippen LogP contribution in [0.1, 0.15) is 78.1 Å². The Balaban J connectivity index is 1.77. The fourth-order valence-corrected chi connectivity index (χ4v) is 2.36. The molecule has 1 aliphatic rings. The average molecular weight is 211 g/mol. The lowest BCUT2D eigenvalue weighted by Crippen LogP contribution is -2.48. The molecule has 1 saturated carbocycles. The van der Waals surface area contributed by atoms with E-state index in [1.807, 2.05) is 0 Å². The highest BCUT2D eigenvalue weighted by atomic mass is 15.0. The first-order chi connectivity index (χ1) is 7.27. The van der Waals surface area contributed by atoms with E-state index in [4.69, 9.17) is 0 Å². The molecule has 1 fully saturated rings. The summed E-state index contributed by atoms with van der Waals surface area (Å²) >= 11 is 0. The normalized spacial score (nSPS) is 18.8. The first kappa shape index (κ1) is 13.0. The van der Waals surface area contributed by atoms with Crippen molar-refractivity contribution in [3.63, 3.8) is 0 Å². The zero-order chi connectivity index (χ0) is 11.0. The molecule has 0 aromatic rings. The van der Waals surface area contributed by atoms with Crippen LogP contribution < -0.4 is 5.32 Å². The molecule has 0 saturated heterocycles. The van der Waals surface area contributed by atoms with Crippen LogP contribution in [0.25, 0.3) is 0 Å². The van der Waals surface area contributed by atoms with Gasteiger partial charge in [0.05, 0.1) is 0 Å². The Bertz CT molecular complexity index is 149. The van der Waals surface area contributed by atoms with Gasteiger partial charge in [-0.2, -0.15) is 0 Å². The fraction of sp³-hybridized carbons (Fsp3) is 1.00. The van der Waals surface area contributed by atoms with Crippen molar-refractivity contribution in [2.45, 2.75) is 83.6 Å². The SMILES string of the molecule is CCCCCCCCCNC1(C)CCC1. The van der Waals surface area contributed by atoms with Gasteiger partial charge in [0.25, 0.3) is 0 Å². The number of nitrogens with one attached hydrogen (secondary N) is 1. The first-order valence-electron chi connectivity index (χ1n) is 7.02. The minimum Gasteiger partial charge on any atom is -0.312 e. The lowest BCUT2D eigenvalue weighted by molar-refractivity contribution is 0.208. The van der Waals surface area contributed by atoms with Crippen molar-refractivity contribution in [2.24, 2.45) is 0 Å². The van der Waals surface area contributed by atoms with Gasteiger partial charge in [-0.15, -0.1) is 0 Å². The summed E-state index contributed by atoms with van der Waals surface area (Å²) < 4.78 is 0. The predicted molar refractivity (Wildman–Crippen MR) is 68.3 cm³/mol. The largest absolute Gasteiger partial charge is 0.312 e. The molecule has 0 radical (unpaired) electrons. The van der Waals surface area contributed by atoms with E-state index < -0.39 is 0 Å². The van der Waals surface area contributed by atoms with E-state index >= 15 is 0 Å². The molecule has 15 heavy (non-hydrogen) atoms. The second-order valence-corrected chi connectivity index (χ2v) is 5.46. The Kier molecular flexibility index (Phi) is 6.31. The summed E-state index contributed by atoms with van der Waals surface area (Å²) in [4.78, 5) is 0. The predicted octanol–water partition coefficient (Wildman–Crippen LogP) is 4.27. The van der Waals surface area contributed by atoms with Crippen molar-refractivity contribution in [1.82, 2.24) is 5.32 Å². The molecule has 0 heterocycles. The lowest BCUT2D eigenvalue weighted by atomic mass is 9.78. The number of hydrogen-bond donors (Lipinski definition) is 1. The van der Waals surface area contributed by atoms with Crippen molar-refractivity contribution in [2.75, 3.05) is 6.54 Å². The summed E-state index contributed by atoms with van der Waals surface area (Å²) in [6.07, 6.45) is 14.1. The Hall–Kier alpha value is -0.0400. The van der Waals surface area contributed by atoms with Gasteiger partial charge in [-0.3, -0.25) is 0 Å². The average Bonchev–Trinajstić information content (AvgIpc) is 2.19. The van der Waals surface area contributed by atoms with Gasteiger partial charge in [0, 0.05) is 5.54 Å². The molecule has 0 spiro atoms. The van der Waals surface area contributed by atoms with E-state index in [1.165, 1.54) is 70.8 Å². The molecule has 0 bridgehead atoms. The van der Waals surface area contributed by atoms with Gasteiger partial charge in [-0.05, 0) is 39.2 Å². The van der Waals surface area contributed by atoms with E-state index in [9.17, 15) is 0 Å². The van der Waals surface area contributed by atoms with Gasteiger partial charge in [0.2, 0.25) is 0 Å². The fourth-order valence-electron chi connectivity index (χ4n) is 2.36. The van der Waals surface area contributed by atoms with Crippen LogP contribution in [-0.2, 0) is 0 Å². The molecule has 1 rings (SSSR count). The van der Waals surface area contributed by atoms with Crippen molar-refractivity contribution in [1.29, 1.82) is 0 Å². The number of hydrogen-bond acceptors (Lipinski definition) is 1. The maximum absolute atomic E-state index is 3.70. The standard InChI is InChI=1S/C14H29N/c1-3-4-5-6-7-8-9-13-15-14(2)11-10-12-14/h15H,3-13H2,1-2H3. The third-order valence-electron chi connectivity index (χ3n) is 3.79. The van der Waals surface area contributed by atoms with Gasteiger partial charge in [-0.25, -0.2) is 0 Å². The van der Waals surface area contributed by atoms with Gasteiger partial charge < -0.3 is 5.32 Å². The molecule has 1 heteroatoms. The van der Waals surface area contributed by atoms with Crippen LogP contribution in [0.3, 0.4) is 0 Å². The van der Waals surface area contributed by atoms with Crippen LogP contribution >= 0.6 is 0 Å². The minimum atomic E-state index is 0.516. The number of unbranched alkanes of at least 4 members (excludes halogenated alkanes) is 6. The molecule has 0 aromatic heterocycles. The Morgan fingerprint density at radius 3 is 2.07 bits per heavy atom. The van der Waals surface area contributed by atoms with E-state index in [-0.39, 0.29) is 0 Å². The third kappa shape index (κ3) is 5.55. The summed E-state index contributed by atoms with van der Waals surface area (Å²) in [5.74, 6) is 0. The van der Waals surface area contributed by atoms with E-state index in [0.29, 0.717) is 5.54 Å². The summed E-state index contributed by atoms with van der Waals surface area (Å²) in [5, 5.41) is 3.70. The van der Waals surface area contributed by atoms with Crippen LogP contribution in [0, 0.1) is 0 Å². The lowest BCUT2D eigenvalue weighted by Gasteiger charge is -2.39. The molecule has 0 amide bonds. The summed E-state index contributed by atoms with van der Waals surface area (Å²) in [7, 11) is 0. The topological polar surface area (TPSA) is 12.0 Å². The van der Waals surface area contributed by atoms with Crippen LogP contribution in [0.2, 0.25) is 0 Å². The molecule has 0 unspecified atom stereocenters. The Morgan fingerprint density at radius 1 is 0.933 bits per heavy atom. The molecule has 90 valence electrons. The molecule has 0 atom stereocenters. The first-order valence-corrected chi connectivity index (χ1v) is 7.02. The van der Waals surface area contributed by atoms with Crippen molar-refractivity contribution < 1.29 is 0 Å². The molecular weight excluding hydrogens is 182 g/mol. The van der Waals surface area contributed by atoms with Crippen LogP contribution in [0.5, 0.6) is 0 Å². The van der Waals surface area contributed by atoms with E-state index in [2.05, 4.69) is 19.2 Å². The van der Waals surface area contributed by atoms with Crippen LogP contribution in [-0.4, -0.2) is 12.1 Å². The quantitative estimate of drug-likeness (QED) is 0.562. The van der Waals surface area contributed by atoms with Gasteiger partial charge in [0.15, 0.2) is 0 Å². The highest BCUT2D eigenvalue weighted by Gasteiger charge is 2.30. The maximum Gasteiger partial charge on any atom is 0.0153 e. The minimum absolute atomic E-state index is 0.516. The van der Waals surface area contributed by atoms with Gasteiger partial charge in [-0.1, -0.05) is 45.4 Å². The monoisotopic (exact) mass is 211 g/mol. The van der Waals surface area contributed by atoms with Gasteiger partial charge in [0.1, 0.15) is 0 Å². The van der Waals surface area contributed by atoms with Crippen molar-refractivity contribution in [3.8, 4) is 0 Å². The second-order valence-electron chi connectivity index (χ2n) is 5.46. The second kappa shape index (κ2) is 7.27. The highest BCUT2D eigenvalue weighted by Crippen LogP contribution is 2.30. The smallest absolute Gasteiger partial charge is 0.0153 e. The van der Waals surface area contributed by atoms with Crippen molar-refractivity contribution in [3.05, 3.63) is 0 Å². The highest BCUT2D eigenvalue weighted by molar-refractivity contribution is 4.91. The molecule has 0 aromatic carbocycles. The summed E-state index contributed by atoms with van der Waals surface area (Å²) in [6.45, 7) is 5.89. The van der Waals surface area contributed by atoms with E-state index in [1.54, 1.807) is 0 Å². The third-order valence-corrected chi connectivity index (χ3v) is 3.79. The zero-order valence-corrected chi connectivity index (χ0v) is 10.8. The van der Waals surface area contributed by atoms with Crippen molar-refractivity contribution >= 4 is 0 Å². The summed E-state index contributed by atoms with van der Waals surface area (Å²) in [6, 6.07) is 0. The van der Waals surface area contributed by atoms with E-state index in [0.717, 1.165) is 0 Å². The van der Waals surface area contributed by atoms with Crippen LogP contribution in [0.4, 0.5) is 0 Å². The van der Waals surface area contributed by atoms with Gasteiger partial charge >= 0.3 is 0 Å².